The van der Waals surface area contributed by atoms with Crippen molar-refractivity contribution in [1.82, 2.24) is 4.98 Å². The summed E-state index contributed by atoms with van der Waals surface area (Å²) in [5.74, 6) is 0.560. The minimum atomic E-state index is -0.224. The van der Waals surface area contributed by atoms with Crippen molar-refractivity contribution in [2.45, 2.75) is 6.04 Å². The maximum Gasteiger partial charge on any atom is 0.257 e. The SMILES string of the molecule is COc1ccc2nc(NC(=O)c3ccc(C(N)c4ccccc4)cc3)sc2c1. The second kappa shape index (κ2) is 7.80. The zero-order chi connectivity index (χ0) is 19.5. The van der Waals surface area contributed by atoms with Gasteiger partial charge in [0.05, 0.1) is 23.4 Å². The normalized spacial score (nSPS) is 11.9. The molecule has 1 heterocycles. The van der Waals surface area contributed by atoms with Crippen LogP contribution in [0.5, 0.6) is 5.75 Å². The molecule has 0 saturated carbocycles. The third kappa shape index (κ3) is 3.74. The monoisotopic (exact) mass is 389 g/mol. The minimum Gasteiger partial charge on any atom is -0.497 e. The highest BCUT2D eigenvalue weighted by atomic mass is 32.1. The fourth-order valence-corrected chi connectivity index (χ4v) is 3.84. The summed E-state index contributed by atoms with van der Waals surface area (Å²) in [5, 5.41) is 3.42. The lowest BCUT2D eigenvalue weighted by Crippen LogP contribution is -2.14. The van der Waals surface area contributed by atoms with Gasteiger partial charge in [0.2, 0.25) is 0 Å². The van der Waals surface area contributed by atoms with E-state index in [2.05, 4.69) is 10.3 Å². The third-order valence-electron chi connectivity index (χ3n) is 4.51. The first-order valence-electron chi connectivity index (χ1n) is 8.80. The van der Waals surface area contributed by atoms with E-state index in [0.29, 0.717) is 10.7 Å². The molecule has 0 saturated heterocycles. The van der Waals surface area contributed by atoms with Crippen LogP contribution in [0.2, 0.25) is 0 Å². The van der Waals surface area contributed by atoms with Gasteiger partial charge in [-0.2, -0.15) is 0 Å². The Hall–Kier alpha value is -3.22. The van der Waals surface area contributed by atoms with Crippen LogP contribution >= 0.6 is 11.3 Å². The van der Waals surface area contributed by atoms with E-state index < -0.39 is 0 Å². The van der Waals surface area contributed by atoms with Crippen molar-refractivity contribution in [2.24, 2.45) is 5.73 Å². The first-order chi connectivity index (χ1) is 13.6. The Kier molecular flexibility index (Phi) is 5.06. The van der Waals surface area contributed by atoms with Gasteiger partial charge >= 0.3 is 0 Å². The van der Waals surface area contributed by atoms with Crippen LogP contribution in [0.3, 0.4) is 0 Å². The van der Waals surface area contributed by atoms with Crippen molar-refractivity contribution in [3.8, 4) is 5.75 Å². The summed E-state index contributed by atoms with van der Waals surface area (Å²) in [4.78, 5) is 17.0. The second-order valence-corrected chi connectivity index (χ2v) is 7.35. The van der Waals surface area contributed by atoms with Gasteiger partial charge in [-0.25, -0.2) is 4.98 Å². The molecular weight excluding hydrogens is 370 g/mol. The van der Waals surface area contributed by atoms with Gasteiger partial charge in [0, 0.05) is 5.56 Å². The number of nitrogens with zero attached hydrogens (tertiary/aromatic N) is 1. The molecule has 4 rings (SSSR count). The van der Waals surface area contributed by atoms with Crippen LogP contribution in [0.15, 0.2) is 72.8 Å². The van der Waals surface area contributed by atoms with E-state index in [0.717, 1.165) is 27.1 Å². The molecule has 1 amide bonds. The van der Waals surface area contributed by atoms with E-state index >= 15 is 0 Å². The molecule has 1 aromatic heterocycles. The number of ether oxygens (including phenoxy) is 1. The fourth-order valence-electron chi connectivity index (χ4n) is 2.95. The molecule has 1 unspecified atom stereocenters. The first kappa shape index (κ1) is 18.2. The zero-order valence-corrected chi connectivity index (χ0v) is 16.1. The summed E-state index contributed by atoms with van der Waals surface area (Å²) < 4.78 is 6.18. The number of benzene rings is 3. The van der Waals surface area contributed by atoms with Crippen LogP contribution in [0.4, 0.5) is 5.13 Å². The van der Waals surface area contributed by atoms with Gasteiger partial charge in [-0.1, -0.05) is 53.8 Å². The molecule has 3 N–H and O–H groups in total. The molecule has 0 fully saturated rings. The van der Waals surface area contributed by atoms with E-state index in [1.165, 1.54) is 11.3 Å². The number of rotatable bonds is 5. The van der Waals surface area contributed by atoms with Crippen molar-refractivity contribution in [2.75, 3.05) is 12.4 Å². The molecule has 0 spiro atoms. The Morgan fingerprint density at radius 2 is 1.75 bits per heavy atom. The maximum absolute atomic E-state index is 12.6. The summed E-state index contributed by atoms with van der Waals surface area (Å²) in [7, 11) is 1.62. The van der Waals surface area contributed by atoms with Crippen molar-refractivity contribution in [3.05, 3.63) is 89.5 Å². The molecule has 6 heteroatoms. The number of carbonyl (C=O) groups excluding carboxylic acids is 1. The van der Waals surface area contributed by atoms with E-state index in [9.17, 15) is 4.79 Å². The van der Waals surface area contributed by atoms with Gasteiger partial charge in [-0.15, -0.1) is 0 Å². The van der Waals surface area contributed by atoms with Crippen molar-refractivity contribution >= 4 is 32.6 Å². The molecule has 0 aliphatic carbocycles. The highest BCUT2D eigenvalue weighted by Gasteiger charge is 2.13. The van der Waals surface area contributed by atoms with E-state index in [1.807, 2.05) is 60.7 Å². The Labute approximate surface area is 166 Å². The number of hydrogen-bond acceptors (Lipinski definition) is 5. The van der Waals surface area contributed by atoms with E-state index in [-0.39, 0.29) is 11.9 Å². The first-order valence-corrected chi connectivity index (χ1v) is 9.62. The van der Waals surface area contributed by atoms with Crippen LogP contribution in [0, 0.1) is 0 Å². The summed E-state index contributed by atoms with van der Waals surface area (Å²) in [6.07, 6.45) is 0. The molecule has 5 nitrogen and oxygen atoms in total. The highest BCUT2D eigenvalue weighted by Crippen LogP contribution is 2.29. The smallest absolute Gasteiger partial charge is 0.257 e. The van der Waals surface area contributed by atoms with Gasteiger partial charge in [0.1, 0.15) is 5.75 Å². The Balaban J connectivity index is 1.49. The number of methoxy groups -OCH3 is 1. The Morgan fingerprint density at radius 1 is 1.04 bits per heavy atom. The van der Waals surface area contributed by atoms with Gasteiger partial charge in [0.25, 0.3) is 5.91 Å². The highest BCUT2D eigenvalue weighted by molar-refractivity contribution is 7.22. The standard InChI is InChI=1S/C22H19N3O2S/c1-27-17-11-12-18-19(13-17)28-22(24-18)25-21(26)16-9-7-15(8-10-16)20(23)14-5-3-2-4-6-14/h2-13,20H,23H2,1H3,(H,24,25,26). The maximum atomic E-state index is 12.6. The topological polar surface area (TPSA) is 77.2 Å². The van der Waals surface area contributed by atoms with Gasteiger partial charge in [0.15, 0.2) is 5.13 Å². The van der Waals surface area contributed by atoms with Crippen LogP contribution in [0.1, 0.15) is 27.5 Å². The van der Waals surface area contributed by atoms with Crippen LogP contribution in [-0.2, 0) is 0 Å². The van der Waals surface area contributed by atoms with Crippen LogP contribution in [-0.4, -0.2) is 18.0 Å². The Bertz CT molecular complexity index is 1110. The van der Waals surface area contributed by atoms with Crippen molar-refractivity contribution < 1.29 is 9.53 Å². The molecule has 0 radical (unpaired) electrons. The molecule has 0 aliphatic heterocycles. The second-order valence-electron chi connectivity index (χ2n) is 6.32. The van der Waals surface area contributed by atoms with Gasteiger partial charge in [-0.05, 0) is 41.5 Å². The van der Waals surface area contributed by atoms with Crippen LogP contribution < -0.4 is 15.8 Å². The summed E-state index contributed by atoms with van der Waals surface area (Å²) in [6, 6.07) is 22.6. The lowest BCUT2D eigenvalue weighted by molar-refractivity contribution is 0.102. The molecule has 4 aromatic rings. The number of anilines is 1. The number of thiazole rings is 1. The molecular formula is C22H19N3O2S. The molecule has 3 aromatic carbocycles. The number of fused-ring (bicyclic) bond motifs is 1. The average Bonchev–Trinajstić information content (AvgIpc) is 3.15. The quantitative estimate of drug-likeness (QED) is 0.523. The minimum absolute atomic E-state index is 0.203. The molecule has 0 aliphatic rings. The third-order valence-corrected chi connectivity index (χ3v) is 5.44. The van der Waals surface area contributed by atoms with Gasteiger partial charge < -0.3 is 10.5 Å². The summed E-state index contributed by atoms with van der Waals surface area (Å²) in [5.41, 5.74) is 9.68. The molecule has 28 heavy (non-hydrogen) atoms. The predicted molar refractivity (Wildman–Crippen MR) is 113 cm³/mol. The van der Waals surface area contributed by atoms with Crippen LogP contribution in [0.25, 0.3) is 10.2 Å². The number of nitrogens with two attached hydrogens (primary N) is 1. The van der Waals surface area contributed by atoms with Crippen molar-refractivity contribution in [3.63, 3.8) is 0 Å². The molecule has 0 bridgehead atoms. The number of amides is 1. The number of hydrogen-bond donors (Lipinski definition) is 2. The predicted octanol–water partition coefficient (Wildman–Crippen LogP) is 4.61. The molecule has 140 valence electrons. The van der Waals surface area contributed by atoms with Crippen molar-refractivity contribution in [1.29, 1.82) is 0 Å². The van der Waals surface area contributed by atoms with E-state index in [4.69, 9.17) is 10.5 Å². The number of aromatic nitrogens is 1. The zero-order valence-electron chi connectivity index (χ0n) is 15.3. The van der Waals surface area contributed by atoms with Gasteiger partial charge in [-0.3, -0.25) is 10.1 Å². The van der Waals surface area contributed by atoms with E-state index in [1.54, 1.807) is 19.2 Å². The fraction of sp³-hybridized carbons (Fsp3) is 0.0909. The Morgan fingerprint density at radius 3 is 2.46 bits per heavy atom. The largest absolute Gasteiger partial charge is 0.497 e. The summed E-state index contributed by atoms with van der Waals surface area (Å²) >= 11 is 1.41. The number of nitrogens with one attached hydrogen (secondary N) is 1. The lowest BCUT2D eigenvalue weighted by Gasteiger charge is -2.13. The average molecular weight is 389 g/mol. The molecule has 1 atom stereocenters. The lowest BCUT2D eigenvalue weighted by atomic mass is 9.98. The number of carbonyl (C=O) groups is 1. The summed E-state index contributed by atoms with van der Waals surface area (Å²) in [6.45, 7) is 0.